The minimum Gasteiger partial charge on any atom is -0.497 e. The lowest BCUT2D eigenvalue weighted by molar-refractivity contribution is 0.0950. The molecule has 0 unspecified atom stereocenters. The van der Waals surface area contributed by atoms with Crippen LogP contribution in [0.1, 0.15) is 26.4 Å². The molecule has 0 aliphatic heterocycles. The van der Waals surface area contributed by atoms with Gasteiger partial charge in [-0.25, -0.2) is 5.43 Å². The lowest BCUT2D eigenvalue weighted by atomic mass is 10.0. The van der Waals surface area contributed by atoms with Crippen molar-refractivity contribution in [2.24, 2.45) is 5.10 Å². The highest BCUT2D eigenvalue weighted by Gasteiger charge is 2.18. The number of nitrogens with zero attached hydrogens (tertiary/aromatic N) is 2. The molecule has 0 radical (unpaired) electrons. The Bertz CT molecular complexity index is 1250. The molecule has 32 heavy (non-hydrogen) atoms. The lowest BCUT2D eigenvalue weighted by Gasteiger charge is -2.06. The number of methoxy groups -OCH3 is 1. The molecular weight excluding hydrogens is 404 g/mol. The summed E-state index contributed by atoms with van der Waals surface area (Å²) < 4.78 is 5.16. The number of amides is 1. The maximum Gasteiger partial charge on any atom is 0.289 e. The van der Waals surface area contributed by atoms with Crippen LogP contribution in [0.5, 0.6) is 5.75 Å². The van der Waals surface area contributed by atoms with Crippen LogP contribution in [0.25, 0.3) is 11.3 Å². The van der Waals surface area contributed by atoms with Gasteiger partial charge in [-0.05, 0) is 30.3 Å². The Morgan fingerprint density at radius 1 is 0.875 bits per heavy atom. The molecule has 0 aliphatic carbocycles. The number of rotatable bonds is 7. The number of hydrazone groups is 1. The first-order valence-electron chi connectivity index (χ1n) is 9.89. The van der Waals surface area contributed by atoms with Crippen LogP contribution in [0.2, 0.25) is 0 Å². The van der Waals surface area contributed by atoms with E-state index in [0.29, 0.717) is 16.8 Å². The van der Waals surface area contributed by atoms with Gasteiger partial charge in [0.1, 0.15) is 17.2 Å². The van der Waals surface area contributed by atoms with E-state index in [2.05, 4.69) is 20.7 Å². The van der Waals surface area contributed by atoms with Crippen molar-refractivity contribution in [2.75, 3.05) is 7.11 Å². The monoisotopic (exact) mass is 424 g/mol. The number of carbonyl (C=O) groups excluding carboxylic acids is 2. The smallest absolute Gasteiger partial charge is 0.289 e. The zero-order valence-corrected chi connectivity index (χ0v) is 17.3. The van der Waals surface area contributed by atoms with Crippen molar-refractivity contribution in [2.45, 2.75) is 0 Å². The summed E-state index contributed by atoms with van der Waals surface area (Å²) in [6.07, 6.45) is 0. The van der Waals surface area contributed by atoms with Gasteiger partial charge in [0.15, 0.2) is 0 Å². The predicted octanol–water partition coefficient (Wildman–Crippen LogP) is 4.10. The molecule has 7 nitrogen and oxygen atoms in total. The molecule has 7 heteroatoms. The topological polar surface area (TPSA) is 96.4 Å². The number of aromatic nitrogens is 2. The van der Waals surface area contributed by atoms with Crippen molar-refractivity contribution < 1.29 is 14.3 Å². The number of carbonyl (C=O) groups is 2. The Morgan fingerprint density at radius 3 is 2.12 bits per heavy atom. The molecule has 0 fully saturated rings. The quantitative estimate of drug-likeness (QED) is 0.265. The number of hydrogen-bond acceptors (Lipinski definition) is 5. The first-order valence-corrected chi connectivity index (χ1v) is 9.89. The van der Waals surface area contributed by atoms with Crippen molar-refractivity contribution in [3.05, 3.63) is 108 Å². The summed E-state index contributed by atoms with van der Waals surface area (Å²) in [4.78, 5) is 25.7. The van der Waals surface area contributed by atoms with Crippen LogP contribution in [-0.2, 0) is 0 Å². The minimum atomic E-state index is -0.508. The number of ketones is 1. The summed E-state index contributed by atoms with van der Waals surface area (Å²) in [6, 6.07) is 26.7. The molecule has 4 rings (SSSR count). The highest BCUT2D eigenvalue weighted by molar-refractivity contribution is 6.51. The summed E-state index contributed by atoms with van der Waals surface area (Å²) in [5, 5.41) is 11.1. The van der Waals surface area contributed by atoms with Crippen LogP contribution in [-0.4, -0.2) is 34.7 Å². The molecular formula is C25H20N4O3. The summed E-state index contributed by atoms with van der Waals surface area (Å²) in [7, 11) is 1.60. The van der Waals surface area contributed by atoms with E-state index in [4.69, 9.17) is 4.74 Å². The number of hydrogen-bond donors (Lipinski definition) is 2. The average molecular weight is 424 g/mol. The predicted molar refractivity (Wildman–Crippen MR) is 122 cm³/mol. The number of aromatic amines is 1. The van der Waals surface area contributed by atoms with Gasteiger partial charge in [-0.2, -0.15) is 10.2 Å². The highest BCUT2D eigenvalue weighted by Crippen LogP contribution is 2.21. The number of Topliss-reactive ketones (excluding diaryl/α,β-unsaturated/α-hetero) is 1. The van der Waals surface area contributed by atoms with E-state index in [1.54, 1.807) is 61.7 Å². The van der Waals surface area contributed by atoms with Crippen LogP contribution in [0.15, 0.2) is 96.1 Å². The maximum atomic E-state index is 13.0. The molecule has 0 saturated heterocycles. The van der Waals surface area contributed by atoms with E-state index in [1.165, 1.54) is 0 Å². The first-order chi connectivity index (χ1) is 15.7. The van der Waals surface area contributed by atoms with Crippen molar-refractivity contribution >= 4 is 17.4 Å². The number of H-pyrrole nitrogens is 1. The molecule has 0 saturated carbocycles. The van der Waals surface area contributed by atoms with Gasteiger partial charge >= 0.3 is 0 Å². The molecule has 0 atom stereocenters. The molecule has 1 amide bonds. The average Bonchev–Trinajstić information content (AvgIpc) is 3.36. The van der Waals surface area contributed by atoms with E-state index in [1.807, 2.05) is 36.4 Å². The van der Waals surface area contributed by atoms with Crippen LogP contribution < -0.4 is 10.2 Å². The largest absolute Gasteiger partial charge is 0.497 e. The summed E-state index contributed by atoms with van der Waals surface area (Å²) >= 11 is 0. The Balaban J connectivity index is 1.57. The zero-order valence-electron chi connectivity index (χ0n) is 17.3. The second-order valence-electron chi connectivity index (χ2n) is 6.86. The van der Waals surface area contributed by atoms with Gasteiger partial charge in [0.25, 0.3) is 5.91 Å². The van der Waals surface area contributed by atoms with E-state index < -0.39 is 5.91 Å². The van der Waals surface area contributed by atoms with E-state index in [9.17, 15) is 9.59 Å². The van der Waals surface area contributed by atoms with E-state index in [-0.39, 0.29) is 17.2 Å². The van der Waals surface area contributed by atoms with Gasteiger partial charge in [0, 0.05) is 16.7 Å². The Kier molecular flexibility index (Phi) is 6.17. The summed E-state index contributed by atoms with van der Waals surface area (Å²) in [5.41, 5.74) is 5.34. The normalized spacial score (nSPS) is 11.1. The Morgan fingerprint density at radius 2 is 1.50 bits per heavy atom. The summed E-state index contributed by atoms with van der Waals surface area (Å²) in [5.74, 6) is -0.0692. The van der Waals surface area contributed by atoms with Crippen LogP contribution in [0.4, 0.5) is 0 Å². The van der Waals surface area contributed by atoms with Crippen LogP contribution in [0.3, 0.4) is 0 Å². The van der Waals surface area contributed by atoms with Crippen molar-refractivity contribution in [1.82, 2.24) is 15.6 Å². The molecule has 0 bridgehead atoms. The third-order valence-corrected chi connectivity index (χ3v) is 4.78. The van der Waals surface area contributed by atoms with Gasteiger partial charge in [0.2, 0.25) is 5.78 Å². The van der Waals surface area contributed by atoms with Gasteiger partial charge in [-0.3, -0.25) is 14.7 Å². The third kappa shape index (κ3) is 4.62. The Labute approximate surface area is 184 Å². The molecule has 1 heterocycles. The third-order valence-electron chi connectivity index (χ3n) is 4.78. The van der Waals surface area contributed by atoms with Gasteiger partial charge in [-0.1, -0.05) is 60.7 Å². The van der Waals surface area contributed by atoms with E-state index >= 15 is 0 Å². The fourth-order valence-electron chi connectivity index (χ4n) is 3.08. The van der Waals surface area contributed by atoms with Crippen molar-refractivity contribution in [3.8, 4) is 17.0 Å². The summed E-state index contributed by atoms with van der Waals surface area (Å²) in [6.45, 7) is 0. The number of ether oxygens (including phenoxy) is 1. The second-order valence-corrected chi connectivity index (χ2v) is 6.86. The first kappa shape index (κ1) is 20.7. The van der Waals surface area contributed by atoms with Crippen LogP contribution >= 0.6 is 0 Å². The highest BCUT2D eigenvalue weighted by atomic mass is 16.5. The number of benzene rings is 3. The van der Waals surface area contributed by atoms with Crippen molar-refractivity contribution in [1.29, 1.82) is 0 Å². The SMILES string of the molecule is COc1ccc(-c2cc(C(=O)NN=C(C(=O)c3ccccc3)c3ccccc3)[nH]n2)cc1. The molecule has 0 aliphatic rings. The van der Waals surface area contributed by atoms with Crippen LogP contribution in [0, 0.1) is 0 Å². The van der Waals surface area contributed by atoms with Gasteiger partial charge in [0.05, 0.1) is 12.8 Å². The maximum absolute atomic E-state index is 13.0. The standard InChI is InChI=1S/C25H20N4O3/c1-32-20-14-12-17(13-15-20)21-16-22(27-26-21)25(31)29-28-23(18-8-4-2-5-9-18)24(30)19-10-6-3-7-11-19/h2-16H,1H3,(H,26,27)(H,29,31). The van der Waals surface area contributed by atoms with Gasteiger partial charge < -0.3 is 4.74 Å². The van der Waals surface area contributed by atoms with Crippen molar-refractivity contribution in [3.63, 3.8) is 0 Å². The molecule has 0 spiro atoms. The molecule has 4 aromatic rings. The zero-order chi connectivity index (χ0) is 22.3. The lowest BCUT2D eigenvalue weighted by Crippen LogP contribution is -2.24. The fraction of sp³-hybridized carbons (Fsp3) is 0.0400. The fourth-order valence-corrected chi connectivity index (χ4v) is 3.08. The Hall–Kier alpha value is -4.52. The molecule has 3 aromatic carbocycles. The molecule has 158 valence electrons. The van der Waals surface area contributed by atoms with E-state index in [0.717, 1.165) is 11.3 Å². The van der Waals surface area contributed by atoms with Gasteiger partial charge in [-0.15, -0.1) is 0 Å². The second kappa shape index (κ2) is 9.53. The minimum absolute atomic E-state index is 0.139. The molecule has 2 N–H and O–H groups in total. The number of nitrogens with one attached hydrogen (secondary N) is 2. The molecule has 1 aromatic heterocycles.